The van der Waals surface area contributed by atoms with Crippen molar-refractivity contribution in [3.05, 3.63) is 58.9 Å². The van der Waals surface area contributed by atoms with Gasteiger partial charge in [-0.25, -0.2) is 0 Å². The molecule has 0 radical (unpaired) electrons. The summed E-state index contributed by atoms with van der Waals surface area (Å²) in [4.78, 5) is 44.8. The number of ketones is 3. The van der Waals surface area contributed by atoms with E-state index in [-0.39, 0.29) is 52.8 Å². The van der Waals surface area contributed by atoms with Gasteiger partial charge in [-0.3, -0.25) is 14.4 Å². The first-order valence-corrected chi connectivity index (χ1v) is 16.3. The van der Waals surface area contributed by atoms with Gasteiger partial charge < -0.3 is 20.1 Å². The van der Waals surface area contributed by atoms with Crippen LogP contribution in [0.5, 0.6) is 11.5 Å². The number of allylic oxidation sites excluding steroid dienone is 5. The standard InChI is InChI=1S/C38H50O7/c1-21(2)14-16-38-31(42)29(30(41)23-12-13-26(39)27(40)17-23)32-37(33(38)43,20-28(45-32)36(8,9)44)19-24(35(38,6)7)18-25-22(3)11-10-15-34(25,4)5/h12-14,17,24-25,28,39-40,44H,3,10-11,15-16,18-20H2,1-2,4-9H3/t24-,25-,28-,37+,38+/m0/s1. The molecule has 0 amide bonds. The SMILES string of the molecule is C=C1CCCC(C)(C)[C@H]1C[C@H]1C[C@@]23C[C@@H](C(C)(C)O)OC2=C(C(=O)c2ccc(O)c(O)c2)C(=O)[C@](CC=C(C)C)(C3=O)C1(C)C. The van der Waals surface area contributed by atoms with E-state index in [1.165, 1.54) is 17.7 Å². The van der Waals surface area contributed by atoms with Gasteiger partial charge in [-0.2, -0.15) is 0 Å². The maximum absolute atomic E-state index is 15.2. The van der Waals surface area contributed by atoms with Crippen LogP contribution in [-0.2, 0) is 14.3 Å². The summed E-state index contributed by atoms with van der Waals surface area (Å²) in [7, 11) is 0. The van der Waals surface area contributed by atoms with Crippen LogP contribution in [0.15, 0.2) is 53.3 Å². The Hall–Kier alpha value is -3.19. The highest BCUT2D eigenvalue weighted by molar-refractivity contribution is 6.35. The Morgan fingerprint density at radius 3 is 2.33 bits per heavy atom. The van der Waals surface area contributed by atoms with Crippen molar-refractivity contribution in [3.8, 4) is 11.5 Å². The second-order valence-electron chi connectivity index (χ2n) is 16.2. The van der Waals surface area contributed by atoms with Crippen molar-refractivity contribution in [1.29, 1.82) is 0 Å². The predicted molar refractivity (Wildman–Crippen MR) is 173 cm³/mol. The third-order valence-corrected chi connectivity index (χ3v) is 12.0. The average Bonchev–Trinajstić information content (AvgIpc) is 3.31. The number of carbonyl (C=O) groups is 3. The van der Waals surface area contributed by atoms with Gasteiger partial charge in [0.15, 0.2) is 28.8 Å². The zero-order valence-corrected chi connectivity index (χ0v) is 28.2. The Bertz CT molecular complexity index is 1530. The summed E-state index contributed by atoms with van der Waals surface area (Å²) in [6.07, 6.45) is 5.69. The summed E-state index contributed by atoms with van der Waals surface area (Å²) < 4.78 is 6.42. The van der Waals surface area contributed by atoms with Gasteiger partial charge in [0, 0.05) is 12.0 Å². The van der Waals surface area contributed by atoms with Gasteiger partial charge in [0.05, 0.1) is 11.0 Å². The summed E-state index contributed by atoms with van der Waals surface area (Å²) in [6, 6.07) is 3.69. The predicted octanol–water partition coefficient (Wildman–Crippen LogP) is 7.39. The quantitative estimate of drug-likeness (QED) is 0.0958. The lowest BCUT2D eigenvalue weighted by molar-refractivity contribution is -0.170. The number of benzene rings is 1. The average molecular weight is 619 g/mol. The van der Waals surface area contributed by atoms with Crippen LogP contribution in [0.4, 0.5) is 0 Å². The molecule has 5 atom stereocenters. The first-order chi connectivity index (χ1) is 20.7. The monoisotopic (exact) mass is 618 g/mol. The summed E-state index contributed by atoms with van der Waals surface area (Å²) in [5.41, 5.74) is -3.03. The molecular weight excluding hydrogens is 568 g/mol. The molecule has 3 fully saturated rings. The first kappa shape index (κ1) is 33.2. The van der Waals surface area contributed by atoms with E-state index in [1.54, 1.807) is 13.8 Å². The second kappa shape index (κ2) is 10.7. The van der Waals surface area contributed by atoms with E-state index in [0.717, 1.165) is 37.3 Å². The molecule has 1 aliphatic heterocycles. The maximum Gasteiger partial charge on any atom is 0.200 e. The van der Waals surface area contributed by atoms with Crippen LogP contribution in [0.3, 0.4) is 0 Å². The molecular formula is C38H50O7. The van der Waals surface area contributed by atoms with Crippen molar-refractivity contribution in [2.45, 2.75) is 112 Å². The molecule has 5 rings (SSSR count). The Labute approximate surface area is 267 Å². The zero-order valence-electron chi connectivity index (χ0n) is 28.2. The van der Waals surface area contributed by atoms with E-state index >= 15 is 9.59 Å². The molecule has 2 saturated carbocycles. The number of aromatic hydroxyl groups is 2. The molecule has 4 aliphatic rings. The van der Waals surface area contributed by atoms with E-state index in [4.69, 9.17) is 4.74 Å². The van der Waals surface area contributed by atoms with Crippen LogP contribution in [0.1, 0.15) is 111 Å². The van der Waals surface area contributed by atoms with Gasteiger partial charge in [0.1, 0.15) is 22.9 Å². The van der Waals surface area contributed by atoms with Gasteiger partial charge in [0.25, 0.3) is 0 Å². The van der Waals surface area contributed by atoms with Crippen molar-refractivity contribution >= 4 is 17.3 Å². The van der Waals surface area contributed by atoms with Crippen LogP contribution in [0, 0.1) is 33.5 Å². The number of phenolic OH excluding ortho intramolecular Hbond substituents is 2. The number of hydrogen-bond donors (Lipinski definition) is 3. The lowest BCUT2D eigenvalue weighted by Crippen LogP contribution is -2.66. The molecule has 45 heavy (non-hydrogen) atoms. The fraction of sp³-hybridized carbons (Fsp3) is 0.605. The molecule has 244 valence electrons. The molecule has 1 aromatic carbocycles. The van der Waals surface area contributed by atoms with Crippen LogP contribution in [0.25, 0.3) is 0 Å². The third kappa shape index (κ3) is 4.92. The Balaban J connectivity index is 1.78. The van der Waals surface area contributed by atoms with E-state index in [2.05, 4.69) is 20.4 Å². The van der Waals surface area contributed by atoms with Crippen molar-refractivity contribution < 1.29 is 34.4 Å². The minimum atomic E-state index is -1.56. The lowest BCUT2D eigenvalue weighted by Gasteiger charge is -2.60. The van der Waals surface area contributed by atoms with Crippen LogP contribution in [0.2, 0.25) is 0 Å². The van der Waals surface area contributed by atoms with Gasteiger partial charge in [-0.05, 0) is 107 Å². The van der Waals surface area contributed by atoms with Gasteiger partial charge in [-0.15, -0.1) is 0 Å². The highest BCUT2D eigenvalue weighted by Gasteiger charge is 2.75. The number of fused-ring (bicyclic) bond motifs is 1. The molecule has 3 aliphatic carbocycles. The minimum Gasteiger partial charge on any atom is -0.504 e. The number of hydrogen-bond acceptors (Lipinski definition) is 7. The molecule has 1 aromatic rings. The van der Waals surface area contributed by atoms with E-state index in [9.17, 15) is 20.1 Å². The first-order valence-electron chi connectivity index (χ1n) is 16.3. The summed E-state index contributed by atoms with van der Waals surface area (Å²) >= 11 is 0. The molecule has 3 N–H and O–H groups in total. The molecule has 1 saturated heterocycles. The summed E-state index contributed by atoms with van der Waals surface area (Å²) in [5.74, 6) is -2.17. The Morgan fingerprint density at radius 1 is 1.09 bits per heavy atom. The number of Topliss-reactive ketones (excluding diaryl/α,β-unsaturated/α-hetero) is 3. The largest absolute Gasteiger partial charge is 0.504 e. The molecule has 2 bridgehead atoms. The van der Waals surface area contributed by atoms with E-state index in [1.807, 2.05) is 33.8 Å². The molecule has 7 heteroatoms. The Morgan fingerprint density at radius 2 is 1.76 bits per heavy atom. The topological polar surface area (TPSA) is 121 Å². The number of aliphatic hydroxyl groups is 1. The minimum absolute atomic E-state index is 0.00556. The highest BCUT2D eigenvalue weighted by Crippen LogP contribution is 2.70. The number of carbonyl (C=O) groups excluding carboxylic acids is 3. The molecule has 1 heterocycles. The number of phenols is 2. The normalized spacial score (nSPS) is 32.2. The molecule has 7 nitrogen and oxygen atoms in total. The van der Waals surface area contributed by atoms with Crippen molar-refractivity contribution in [2.24, 2.45) is 33.5 Å². The maximum atomic E-state index is 15.2. The number of ether oxygens (including phenoxy) is 1. The zero-order chi connectivity index (χ0) is 33.5. The third-order valence-electron chi connectivity index (χ3n) is 12.0. The van der Waals surface area contributed by atoms with Gasteiger partial charge in [0.2, 0.25) is 0 Å². The van der Waals surface area contributed by atoms with Crippen LogP contribution < -0.4 is 0 Å². The summed E-state index contributed by atoms with van der Waals surface area (Å²) in [6.45, 7) is 20.2. The number of rotatable bonds is 7. The molecule has 0 aromatic heterocycles. The molecule has 1 spiro atoms. The second-order valence-corrected chi connectivity index (χ2v) is 16.2. The van der Waals surface area contributed by atoms with Crippen molar-refractivity contribution in [3.63, 3.8) is 0 Å². The fourth-order valence-corrected chi connectivity index (χ4v) is 8.94. The smallest absolute Gasteiger partial charge is 0.200 e. The highest BCUT2D eigenvalue weighted by atomic mass is 16.5. The Kier molecular flexibility index (Phi) is 7.88. The van der Waals surface area contributed by atoms with E-state index in [0.29, 0.717) is 6.42 Å². The van der Waals surface area contributed by atoms with Crippen LogP contribution in [-0.4, -0.2) is 44.4 Å². The van der Waals surface area contributed by atoms with Crippen LogP contribution >= 0.6 is 0 Å². The fourth-order valence-electron chi connectivity index (χ4n) is 8.94. The van der Waals surface area contributed by atoms with E-state index < -0.39 is 51.0 Å². The molecule has 0 unspecified atom stereocenters. The van der Waals surface area contributed by atoms with Gasteiger partial charge >= 0.3 is 0 Å². The lowest BCUT2D eigenvalue weighted by atomic mass is 9.39. The van der Waals surface area contributed by atoms with Crippen molar-refractivity contribution in [1.82, 2.24) is 0 Å². The van der Waals surface area contributed by atoms with Crippen molar-refractivity contribution in [2.75, 3.05) is 0 Å². The van der Waals surface area contributed by atoms with Gasteiger partial charge in [-0.1, -0.05) is 51.5 Å². The summed E-state index contributed by atoms with van der Waals surface area (Å²) in [5, 5.41) is 31.4.